The molecular formula is C17H35BrO. The van der Waals surface area contributed by atoms with Gasteiger partial charge in [-0.3, -0.25) is 0 Å². The van der Waals surface area contributed by atoms with Crippen LogP contribution in [-0.4, -0.2) is 11.6 Å². The van der Waals surface area contributed by atoms with E-state index in [1.54, 1.807) is 0 Å². The number of halogens is 1. The lowest BCUT2D eigenvalue weighted by Crippen LogP contribution is -2.03. The van der Waals surface area contributed by atoms with Gasteiger partial charge in [0, 0.05) is 6.61 Å². The Morgan fingerprint density at radius 2 is 1.11 bits per heavy atom. The van der Waals surface area contributed by atoms with Crippen molar-refractivity contribution in [3.8, 4) is 0 Å². The van der Waals surface area contributed by atoms with E-state index < -0.39 is 0 Å². The first-order valence-electron chi connectivity index (χ1n) is 8.57. The van der Waals surface area contributed by atoms with Gasteiger partial charge < -0.3 is 4.74 Å². The van der Waals surface area contributed by atoms with E-state index in [0.29, 0.717) is 0 Å². The van der Waals surface area contributed by atoms with Crippen LogP contribution in [0.15, 0.2) is 0 Å². The minimum atomic E-state index is 0.264. The Balaban J connectivity index is 2.95. The topological polar surface area (TPSA) is 9.23 Å². The highest BCUT2D eigenvalue weighted by molar-refractivity contribution is 9.09. The molecule has 0 spiro atoms. The van der Waals surface area contributed by atoms with Gasteiger partial charge in [0.1, 0.15) is 5.01 Å². The summed E-state index contributed by atoms with van der Waals surface area (Å²) < 4.78 is 5.60. The predicted octanol–water partition coefficient (Wildman–Crippen LogP) is 6.84. The highest BCUT2D eigenvalue weighted by atomic mass is 79.9. The summed E-state index contributed by atoms with van der Waals surface area (Å²) in [5.41, 5.74) is 0. The zero-order chi connectivity index (χ0) is 14.2. The first-order chi connectivity index (χ1) is 9.31. The molecule has 0 aliphatic rings. The molecule has 0 amide bonds. The Morgan fingerprint density at radius 3 is 1.53 bits per heavy atom. The van der Waals surface area contributed by atoms with E-state index >= 15 is 0 Å². The summed E-state index contributed by atoms with van der Waals surface area (Å²) in [5, 5.41) is 0.264. The Hall–Kier alpha value is 0.440. The molecule has 0 aliphatic heterocycles. The molecule has 0 aromatic carbocycles. The molecule has 1 nitrogen and oxygen atoms in total. The monoisotopic (exact) mass is 334 g/mol. The van der Waals surface area contributed by atoms with Crippen molar-refractivity contribution in [3.05, 3.63) is 0 Å². The van der Waals surface area contributed by atoms with Crippen LogP contribution < -0.4 is 0 Å². The maximum atomic E-state index is 5.60. The van der Waals surface area contributed by atoms with Crippen molar-refractivity contribution in [2.45, 2.75) is 102 Å². The van der Waals surface area contributed by atoms with Gasteiger partial charge in [-0.05, 0) is 12.8 Å². The summed E-state index contributed by atoms with van der Waals surface area (Å²) in [6.07, 6.45) is 17.9. The fourth-order valence-electron chi connectivity index (χ4n) is 2.27. The molecule has 0 heterocycles. The Morgan fingerprint density at radius 1 is 0.684 bits per heavy atom. The van der Waals surface area contributed by atoms with Gasteiger partial charge in [-0.15, -0.1) is 0 Å². The Labute approximate surface area is 130 Å². The summed E-state index contributed by atoms with van der Waals surface area (Å²) in [6.45, 7) is 5.34. The molecule has 1 atom stereocenters. The van der Waals surface area contributed by atoms with Gasteiger partial charge in [0.2, 0.25) is 0 Å². The Kier molecular flexibility index (Phi) is 16.9. The fourth-order valence-corrected chi connectivity index (χ4v) is 2.46. The number of unbranched alkanes of at least 4 members (excludes halogenated alkanes) is 11. The van der Waals surface area contributed by atoms with E-state index in [9.17, 15) is 0 Å². The molecule has 0 aliphatic carbocycles. The lowest BCUT2D eigenvalue weighted by Gasteiger charge is -2.08. The second-order valence-corrected chi connectivity index (χ2v) is 6.60. The molecule has 0 radical (unpaired) electrons. The van der Waals surface area contributed by atoms with Crippen LogP contribution in [-0.2, 0) is 4.74 Å². The van der Waals surface area contributed by atoms with Gasteiger partial charge in [-0.25, -0.2) is 0 Å². The SMILES string of the molecule is CCCCCCCCCCCCCCOC(Br)CC. The normalized spacial score (nSPS) is 12.8. The lowest BCUT2D eigenvalue weighted by molar-refractivity contribution is 0.111. The molecule has 0 rings (SSSR count). The van der Waals surface area contributed by atoms with Crippen molar-refractivity contribution in [1.82, 2.24) is 0 Å². The summed E-state index contributed by atoms with van der Waals surface area (Å²) in [5.74, 6) is 0. The minimum Gasteiger partial charge on any atom is -0.367 e. The third-order valence-corrected chi connectivity index (χ3v) is 4.53. The zero-order valence-corrected chi connectivity index (χ0v) is 14.8. The standard InChI is InChI=1S/C17H35BrO/c1-3-5-6-7-8-9-10-11-12-13-14-15-16-19-17(18)4-2/h17H,3-16H2,1-2H3. The van der Waals surface area contributed by atoms with Gasteiger partial charge in [0.05, 0.1) is 0 Å². The van der Waals surface area contributed by atoms with Crippen molar-refractivity contribution < 1.29 is 4.74 Å². The first-order valence-corrected chi connectivity index (χ1v) is 9.48. The van der Waals surface area contributed by atoms with E-state index in [-0.39, 0.29) is 5.01 Å². The Bertz CT molecular complexity index is 161. The van der Waals surface area contributed by atoms with Crippen LogP contribution in [0.5, 0.6) is 0 Å². The van der Waals surface area contributed by atoms with Crippen molar-refractivity contribution in [3.63, 3.8) is 0 Å². The van der Waals surface area contributed by atoms with Crippen molar-refractivity contribution in [2.24, 2.45) is 0 Å². The number of rotatable bonds is 15. The molecule has 0 aromatic heterocycles. The summed E-state index contributed by atoms with van der Waals surface area (Å²) in [7, 11) is 0. The van der Waals surface area contributed by atoms with Gasteiger partial charge in [0.15, 0.2) is 0 Å². The first kappa shape index (κ1) is 19.4. The maximum absolute atomic E-state index is 5.60. The molecule has 0 N–H and O–H groups in total. The average Bonchev–Trinajstić information content (AvgIpc) is 2.43. The predicted molar refractivity (Wildman–Crippen MR) is 90.0 cm³/mol. The van der Waals surface area contributed by atoms with E-state index in [1.165, 1.54) is 77.0 Å². The van der Waals surface area contributed by atoms with Crippen molar-refractivity contribution in [1.29, 1.82) is 0 Å². The summed E-state index contributed by atoms with van der Waals surface area (Å²) >= 11 is 3.49. The third kappa shape index (κ3) is 16.4. The van der Waals surface area contributed by atoms with Gasteiger partial charge >= 0.3 is 0 Å². The third-order valence-electron chi connectivity index (χ3n) is 3.62. The minimum absolute atomic E-state index is 0.264. The van der Waals surface area contributed by atoms with Crippen LogP contribution in [0.3, 0.4) is 0 Å². The summed E-state index contributed by atoms with van der Waals surface area (Å²) in [4.78, 5) is 0. The zero-order valence-electron chi connectivity index (χ0n) is 13.3. The van der Waals surface area contributed by atoms with Crippen LogP contribution in [0.1, 0.15) is 97.3 Å². The van der Waals surface area contributed by atoms with E-state index in [2.05, 4.69) is 29.8 Å². The number of hydrogen-bond donors (Lipinski definition) is 0. The quantitative estimate of drug-likeness (QED) is 0.235. The molecular weight excluding hydrogens is 300 g/mol. The average molecular weight is 335 g/mol. The van der Waals surface area contributed by atoms with Crippen LogP contribution in [0.2, 0.25) is 0 Å². The van der Waals surface area contributed by atoms with Gasteiger partial charge in [-0.1, -0.05) is 100 Å². The van der Waals surface area contributed by atoms with E-state index in [1.807, 2.05) is 0 Å². The molecule has 0 saturated carbocycles. The molecule has 2 heteroatoms. The molecule has 0 aromatic rings. The number of alkyl halides is 1. The smallest absolute Gasteiger partial charge is 0.112 e. The van der Waals surface area contributed by atoms with Crippen LogP contribution in [0.4, 0.5) is 0 Å². The highest BCUT2D eigenvalue weighted by Gasteiger charge is 1.99. The van der Waals surface area contributed by atoms with Crippen LogP contribution >= 0.6 is 15.9 Å². The second-order valence-electron chi connectivity index (χ2n) is 5.58. The van der Waals surface area contributed by atoms with Gasteiger partial charge in [0.25, 0.3) is 0 Å². The largest absolute Gasteiger partial charge is 0.367 e. The maximum Gasteiger partial charge on any atom is 0.112 e. The van der Waals surface area contributed by atoms with E-state index in [4.69, 9.17) is 4.74 Å². The summed E-state index contributed by atoms with van der Waals surface area (Å²) in [6, 6.07) is 0. The van der Waals surface area contributed by atoms with Crippen LogP contribution in [0.25, 0.3) is 0 Å². The fraction of sp³-hybridized carbons (Fsp3) is 1.00. The molecule has 0 saturated heterocycles. The van der Waals surface area contributed by atoms with Crippen LogP contribution in [0, 0.1) is 0 Å². The highest BCUT2D eigenvalue weighted by Crippen LogP contribution is 2.12. The van der Waals surface area contributed by atoms with Crippen molar-refractivity contribution in [2.75, 3.05) is 6.61 Å². The number of hydrogen-bond acceptors (Lipinski definition) is 1. The van der Waals surface area contributed by atoms with Crippen molar-refractivity contribution >= 4 is 15.9 Å². The molecule has 0 fully saturated rings. The molecule has 1 unspecified atom stereocenters. The van der Waals surface area contributed by atoms with Gasteiger partial charge in [-0.2, -0.15) is 0 Å². The lowest BCUT2D eigenvalue weighted by atomic mass is 10.1. The molecule has 0 bridgehead atoms. The number of ether oxygens (including phenoxy) is 1. The second kappa shape index (κ2) is 16.5. The molecule has 19 heavy (non-hydrogen) atoms. The van der Waals surface area contributed by atoms with E-state index in [0.717, 1.165) is 13.0 Å². The molecule has 116 valence electrons.